The Morgan fingerprint density at radius 1 is 0.184 bits per heavy atom. The minimum absolute atomic E-state index is 0.969. The molecule has 0 heterocycles. The molecular weight excluding hydrogens is 589 g/mol. The van der Waals surface area contributed by atoms with Gasteiger partial charge in [-0.05, 0) is 90.8 Å². The quantitative estimate of drug-likeness (QED) is 0.272. The topological polar surface area (TPSA) is 0 Å². The number of hydrogen-bond donors (Lipinski definition) is 0. The molecule has 0 amide bonds. The highest BCUT2D eigenvalue weighted by atomic mass is 14.4. The monoisotopic (exact) mass is 677 g/mol. The molecule has 284 valence electrons. The molecule has 0 heteroatoms. The van der Waals surface area contributed by atoms with E-state index >= 15 is 0 Å². The van der Waals surface area contributed by atoms with Gasteiger partial charge >= 0.3 is 0 Å². The fraction of sp³-hybridized carbons (Fsp3) is 1.00. The van der Waals surface area contributed by atoms with Gasteiger partial charge in [-0.1, -0.05) is 219 Å². The maximum atomic E-state index is 2.72. The first-order valence-corrected chi connectivity index (χ1v) is 24.2. The molecule has 6 saturated carbocycles. The third kappa shape index (κ3) is 12.5. The molecule has 0 nitrogen and oxygen atoms in total. The van der Waals surface area contributed by atoms with E-state index in [0.29, 0.717) is 0 Å². The van der Waals surface area contributed by atoms with E-state index < -0.39 is 0 Å². The molecule has 0 aromatic carbocycles. The van der Waals surface area contributed by atoms with Gasteiger partial charge in [-0.3, -0.25) is 0 Å². The van der Waals surface area contributed by atoms with Gasteiger partial charge in [-0.2, -0.15) is 0 Å². The van der Waals surface area contributed by atoms with Crippen LogP contribution in [0.5, 0.6) is 0 Å². The second-order valence-electron chi connectivity index (χ2n) is 20.4. The van der Waals surface area contributed by atoms with Gasteiger partial charge in [0, 0.05) is 0 Å². The van der Waals surface area contributed by atoms with Gasteiger partial charge in [0.25, 0.3) is 0 Å². The highest BCUT2D eigenvalue weighted by Gasteiger charge is 2.37. The average Bonchev–Trinajstić information content (AvgIpc) is 3.00. The highest BCUT2D eigenvalue weighted by Crippen LogP contribution is 2.48. The lowest BCUT2D eigenvalue weighted by atomic mass is 9.63. The third-order valence-electron chi connectivity index (χ3n) is 17.0. The zero-order valence-corrected chi connectivity index (χ0v) is 33.5. The Hall–Kier alpha value is 0. The standard InChI is InChI=1S/C49H88/c1-39-35-45(43-29-17-27-41(28-18-30-43)40-21-11-5-2-6-12-22-40)31-19-32-46(36-39)48-34-20-33-47(42-23-13-7-3-8-14-24-42)37-49(38-48)44-25-15-9-4-10-16-26-44/h39-49H,2-38H2,1H3. The first-order valence-electron chi connectivity index (χ1n) is 24.2. The van der Waals surface area contributed by atoms with E-state index in [2.05, 4.69) is 6.92 Å². The Balaban J connectivity index is 1.03. The van der Waals surface area contributed by atoms with Crippen molar-refractivity contribution in [2.75, 3.05) is 0 Å². The summed E-state index contributed by atoms with van der Waals surface area (Å²) in [6.45, 7) is 2.72. The lowest BCUT2D eigenvalue weighted by Gasteiger charge is -2.42. The van der Waals surface area contributed by atoms with Gasteiger partial charge in [-0.25, -0.2) is 0 Å². The number of rotatable bonds is 5. The average molecular weight is 677 g/mol. The molecular formula is C49H88. The zero-order valence-electron chi connectivity index (χ0n) is 33.5. The largest absolute Gasteiger partial charge is 0.0625 e. The van der Waals surface area contributed by atoms with Crippen molar-refractivity contribution in [3.63, 3.8) is 0 Å². The summed E-state index contributed by atoms with van der Waals surface area (Å²) in [5.41, 5.74) is 0. The summed E-state index contributed by atoms with van der Waals surface area (Å²) < 4.78 is 0. The molecule has 0 aliphatic heterocycles. The highest BCUT2D eigenvalue weighted by molar-refractivity contribution is 4.88. The van der Waals surface area contributed by atoms with Crippen LogP contribution >= 0.6 is 0 Å². The molecule has 6 aliphatic carbocycles. The smallest absolute Gasteiger partial charge is 0.0380 e. The van der Waals surface area contributed by atoms with Crippen molar-refractivity contribution >= 4 is 0 Å². The van der Waals surface area contributed by atoms with Crippen LogP contribution in [-0.2, 0) is 0 Å². The van der Waals surface area contributed by atoms with E-state index in [4.69, 9.17) is 0 Å². The second-order valence-corrected chi connectivity index (χ2v) is 20.4. The maximum Gasteiger partial charge on any atom is -0.0380 e. The van der Waals surface area contributed by atoms with Crippen molar-refractivity contribution in [1.29, 1.82) is 0 Å². The molecule has 0 radical (unpaired) electrons. The van der Waals surface area contributed by atoms with Crippen LogP contribution in [0.3, 0.4) is 0 Å². The molecule has 6 fully saturated rings. The molecule has 0 aromatic rings. The Kier molecular flexibility index (Phi) is 17.1. The molecule has 0 bridgehead atoms. The molecule has 49 heavy (non-hydrogen) atoms. The van der Waals surface area contributed by atoms with Gasteiger partial charge in [0.1, 0.15) is 0 Å². The van der Waals surface area contributed by atoms with E-state index in [-0.39, 0.29) is 0 Å². The Labute approximate surface area is 308 Å². The minimum atomic E-state index is 0.969. The second kappa shape index (κ2) is 21.6. The summed E-state index contributed by atoms with van der Waals surface area (Å²) in [5, 5.41) is 0. The van der Waals surface area contributed by atoms with Crippen LogP contribution in [-0.4, -0.2) is 0 Å². The summed E-state index contributed by atoms with van der Waals surface area (Å²) in [5.74, 6) is 11.6. The van der Waals surface area contributed by atoms with Crippen LogP contribution in [0, 0.1) is 65.1 Å². The van der Waals surface area contributed by atoms with Gasteiger partial charge < -0.3 is 0 Å². The van der Waals surface area contributed by atoms with E-state index in [1.54, 1.807) is 167 Å². The maximum absolute atomic E-state index is 2.72. The Morgan fingerprint density at radius 3 is 0.755 bits per heavy atom. The molecule has 6 aliphatic rings. The van der Waals surface area contributed by atoms with Crippen molar-refractivity contribution in [2.45, 2.75) is 244 Å². The van der Waals surface area contributed by atoms with Gasteiger partial charge in [0.2, 0.25) is 0 Å². The fourth-order valence-electron chi connectivity index (χ4n) is 14.3. The summed E-state index contributed by atoms with van der Waals surface area (Å²) in [4.78, 5) is 0. The molecule has 0 spiro atoms. The number of hydrogen-bond acceptors (Lipinski definition) is 0. The van der Waals surface area contributed by atoms with Crippen molar-refractivity contribution in [3.05, 3.63) is 0 Å². The lowest BCUT2D eigenvalue weighted by molar-refractivity contribution is 0.0844. The summed E-state index contributed by atoms with van der Waals surface area (Å²) in [6, 6.07) is 0. The van der Waals surface area contributed by atoms with Crippen molar-refractivity contribution in [3.8, 4) is 0 Å². The first kappa shape index (κ1) is 38.7. The SMILES string of the molecule is CC1CC(C2CCCC(C3CCCCCCC3)CCC2)CCCC(C2CCCC(C3CCCCCCC3)CC(C3CCCCCCC3)C2)C1. The predicted octanol–water partition coefficient (Wildman–Crippen LogP) is 16.3. The van der Waals surface area contributed by atoms with Crippen molar-refractivity contribution < 1.29 is 0 Å². The fourth-order valence-corrected chi connectivity index (χ4v) is 14.3. The van der Waals surface area contributed by atoms with E-state index in [1.165, 1.54) is 70.6 Å². The molecule has 6 unspecified atom stereocenters. The van der Waals surface area contributed by atoms with Crippen LogP contribution in [0.2, 0.25) is 0 Å². The van der Waals surface area contributed by atoms with Crippen LogP contribution in [0.4, 0.5) is 0 Å². The zero-order chi connectivity index (χ0) is 33.5. The summed E-state index contributed by atoms with van der Waals surface area (Å²) in [6.07, 6.45) is 57.8. The van der Waals surface area contributed by atoms with E-state index in [0.717, 1.165) is 65.1 Å². The molecule has 6 atom stereocenters. The Bertz CT molecular complexity index is 824. The summed E-state index contributed by atoms with van der Waals surface area (Å²) in [7, 11) is 0. The van der Waals surface area contributed by atoms with Crippen LogP contribution in [0.15, 0.2) is 0 Å². The van der Waals surface area contributed by atoms with Gasteiger partial charge in [0.05, 0.1) is 0 Å². The van der Waals surface area contributed by atoms with Crippen molar-refractivity contribution in [2.24, 2.45) is 65.1 Å². The third-order valence-corrected chi connectivity index (χ3v) is 17.0. The first-order chi connectivity index (χ1) is 24.2. The predicted molar refractivity (Wildman–Crippen MR) is 215 cm³/mol. The van der Waals surface area contributed by atoms with Crippen LogP contribution < -0.4 is 0 Å². The van der Waals surface area contributed by atoms with Gasteiger partial charge in [0.15, 0.2) is 0 Å². The van der Waals surface area contributed by atoms with Crippen LogP contribution in [0.25, 0.3) is 0 Å². The molecule has 0 N–H and O–H groups in total. The molecule has 0 aromatic heterocycles. The normalized spacial score (nSPS) is 39.1. The van der Waals surface area contributed by atoms with Gasteiger partial charge in [-0.15, -0.1) is 0 Å². The van der Waals surface area contributed by atoms with Crippen LogP contribution in [0.1, 0.15) is 244 Å². The van der Waals surface area contributed by atoms with Crippen molar-refractivity contribution in [1.82, 2.24) is 0 Å². The molecule has 6 rings (SSSR count). The molecule has 0 saturated heterocycles. The summed E-state index contributed by atoms with van der Waals surface area (Å²) >= 11 is 0. The Morgan fingerprint density at radius 2 is 0.388 bits per heavy atom. The van der Waals surface area contributed by atoms with E-state index in [9.17, 15) is 0 Å². The minimum Gasteiger partial charge on any atom is -0.0625 e. The van der Waals surface area contributed by atoms with E-state index in [1.807, 2.05) is 0 Å². The lowest BCUT2D eigenvalue weighted by Crippen LogP contribution is -2.32.